The van der Waals surface area contributed by atoms with E-state index in [4.69, 9.17) is 0 Å². The van der Waals surface area contributed by atoms with Gasteiger partial charge in [0.25, 0.3) is 0 Å². The molecule has 1 N–H and O–H groups in total. The summed E-state index contributed by atoms with van der Waals surface area (Å²) in [6, 6.07) is 2.86. The molecular formula is C15H25NS. The van der Waals surface area contributed by atoms with E-state index < -0.39 is 0 Å². The highest BCUT2D eigenvalue weighted by atomic mass is 32.1. The molecule has 0 amide bonds. The molecule has 1 unspecified atom stereocenters. The standard InChI is InChI=1S/C15H25NS/c1-11(2)12-4-6-13(7-5-12)15(16-3)14-8-9-17-10-14/h8-13,15-16H,4-7H2,1-3H3. The molecule has 1 fully saturated rings. The Morgan fingerprint density at radius 3 is 2.29 bits per heavy atom. The van der Waals surface area contributed by atoms with Crippen LogP contribution in [0.25, 0.3) is 0 Å². The Balaban J connectivity index is 1.95. The Bertz CT molecular complexity index is 310. The van der Waals surface area contributed by atoms with Crippen molar-refractivity contribution in [3.8, 4) is 0 Å². The van der Waals surface area contributed by atoms with E-state index in [9.17, 15) is 0 Å². The molecule has 1 nitrogen and oxygen atoms in total. The molecule has 1 atom stereocenters. The van der Waals surface area contributed by atoms with Crippen molar-refractivity contribution < 1.29 is 0 Å². The third-order valence-electron chi connectivity index (χ3n) is 4.44. The van der Waals surface area contributed by atoms with Crippen molar-refractivity contribution in [1.29, 1.82) is 0 Å². The molecule has 2 rings (SSSR count). The van der Waals surface area contributed by atoms with Crippen LogP contribution in [-0.2, 0) is 0 Å². The van der Waals surface area contributed by atoms with E-state index in [0.29, 0.717) is 6.04 Å². The van der Waals surface area contributed by atoms with Crippen LogP contribution in [0, 0.1) is 17.8 Å². The Morgan fingerprint density at radius 1 is 1.18 bits per heavy atom. The van der Waals surface area contributed by atoms with Crippen LogP contribution >= 0.6 is 11.3 Å². The maximum Gasteiger partial charge on any atom is 0.0354 e. The normalized spacial score (nSPS) is 27.3. The molecule has 0 saturated heterocycles. The first kappa shape index (κ1) is 13.1. The highest BCUT2D eigenvalue weighted by molar-refractivity contribution is 7.07. The number of thiophene rings is 1. The fourth-order valence-corrected chi connectivity index (χ4v) is 3.97. The topological polar surface area (TPSA) is 12.0 Å². The first-order valence-corrected chi connectivity index (χ1v) is 7.86. The number of hydrogen-bond donors (Lipinski definition) is 1. The fraction of sp³-hybridized carbons (Fsp3) is 0.733. The second-order valence-electron chi connectivity index (χ2n) is 5.74. The highest BCUT2D eigenvalue weighted by Gasteiger charge is 2.28. The van der Waals surface area contributed by atoms with Crippen molar-refractivity contribution in [2.45, 2.75) is 45.6 Å². The third-order valence-corrected chi connectivity index (χ3v) is 5.15. The number of rotatable bonds is 4. The van der Waals surface area contributed by atoms with E-state index in [1.165, 1.54) is 31.2 Å². The first-order valence-electron chi connectivity index (χ1n) is 6.91. The minimum absolute atomic E-state index is 0.578. The van der Waals surface area contributed by atoms with E-state index in [2.05, 4.69) is 43.0 Å². The van der Waals surface area contributed by atoms with Gasteiger partial charge in [-0.05, 0) is 72.9 Å². The van der Waals surface area contributed by atoms with Crippen LogP contribution in [0.2, 0.25) is 0 Å². The van der Waals surface area contributed by atoms with E-state index in [-0.39, 0.29) is 0 Å². The lowest BCUT2D eigenvalue weighted by atomic mass is 9.73. The first-order chi connectivity index (χ1) is 8.22. The van der Waals surface area contributed by atoms with E-state index in [1.807, 2.05) is 11.3 Å². The Morgan fingerprint density at radius 2 is 1.82 bits per heavy atom. The summed E-state index contributed by atoms with van der Waals surface area (Å²) in [4.78, 5) is 0. The summed E-state index contributed by atoms with van der Waals surface area (Å²) < 4.78 is 0. The minimum atomic E-state index is 0.578. The zero-order chi connectivity index (χ0) is 12.3. The molecule has 0 bridgehead atoms. The van der Waals surface area contributed by atoms with Gasteiger partial charge < -0.3 is 5.32 Å². The molecule has 0 aromatic carbocycles. The summed E-state index contributed by atoms with van der Waals surface area (Å²) in [5.74, 6) is 2.67. The predicted octanol–water partition coefficient (Wildman–Crippen LogP) is 4.47. The van der Waals surface area contributed by atoms with Gasteiger partial charge in [-0.1, -0.05) is 13.8 Å². The van der Waals surface area contributed by atoms with Crippen molar-refractivity contribution in [1.82, 2.24) is 5.32 Å². The van der Waals surface area contributed by atoms with Gasteiger partial charge in [0, 0.05) is 6.04 Å². The van der Waals surface area contributed by atoms with Gasteiger partial charge in [-0.3, -0.25) is 0 Å². The Labute approximate surface area is 110 Å². The summed E-state index contributed by atoms with van der Waals surface area (Å²) >= 11 is 1.81. The third kappa shape index (κ3) is 3.11. The number of hydrogen-bond acceptors (Lipinski definition) is 2. The molecule has 0 spiro atoms. The molecule has 1 heterocycles. The molecule has 1 aromatic heterocycles. The monoisotopic (exact) mass is 251 g/mol. The van der Waals surface area contributed by atoms with Crippen LogP contribution in [0.4, 0.5) is 0 Å². The quantitative estimate of drug-likeness (QED) is 0.832. The van der Waals surface area contributed by atoms with Gasteiger partial charge in [-0.25, -0.2) is 0 Å². The zero-order valence-corrected chi connectivity index (χ0v) is 12.1. The van der Waals surface area contributed by atoms with Gasteiger partial charge >= 0.3 is 0 Å². The largest absolute Gasteiger partial charge is 0.313 e. The van der Waals surface area contributed by atoms with Gasteiger partial charge in [0.15, 0.2) is 0 Å². The lowest BCUT2D eigenvalue weighted by Gasteiger charge is -2.35. The smallest absolute Gasteiger partial charge is 0.0354 e. The maximum absolute atomic E-state index is 3.52. The van der Waals surface area contributed by atoms with Crippen LogP contribution in [-0.4, -0.2) is 7.05 Å². The summed E-state index contributed by atoms with van der Waals surface area (Å²) in [5.41, 5.74) is 1.49. The summed E-state index contributed by atoms with van der Waals surface area (Å²) in [6.07, 6.45) is 5.63. The lowest BCUT2D eigenvalue weighted by Crippen LogP contribution is -2.29. The van der Waals surface area contributed by atoms with Gasteiger partial charge in [-0.15, -0.1) is 0 Å². The lowest BCUT2D eigenvalue weighted by molar-refractivity contribution is 0.193. The molecule has 1 aromatic rings. The molecule has 0 radical (unpaired) electrons. The van der Waals surface area contributed by atoms with Gasteiger partial charge in [0.1, 0.15) is 0 Å². The van der Waals surface area contributed by atoms with Crippen molar-refractivity contribution in [3.63, 3.8) is 0 Å². The SMILES string of the molecule is CNC(c1ccsc1)C1CCC(C(C)C)CC1. The molecular weight excluding hydrogens is 226 g/mol. The van der Waals surface area contributed by atoms with E-state index in [0.717, 1.165) is 17.8 Å². The molecule has 96 valence electrons. The molecule has 0 aliphatic heterocycles. The van der Waals surface area contributed by atoms with Gasteiger partial charge in [-0.2, -0.15) is 11.3 Å². The summed E-state index contributed by atoms with van der Waals surface area (Å²) in [5, 5.41) is 8.02. The molecule has 1 aliphatic carbocycles. The molecule has 1 saturated carbocycles. The van der Waals surface area contributed by atoms with Gasteiger partial charge in [0.05, 0.1) is 0 Å². The second kappa shape index (κ2) is 6.01. The van der Waals surface area contributed by atoms with E-state index in [1.54, 1.807) is 0 Å². The Kier molecular flexibility index (Phi) is 4.63. The van der Waals surface area contributed by atoms with E-state index >= 15 is 0 Å². The fourth-order valence-electron chi connectivity index (χ4n) is 3.27. The summed E-state index contributed by atoms with van der Waals surface area (Å²) in [6.45, 7) is 4.75. The van der Waals surface area contributed by atoms with Crippen LogP contribution in [0.5, 0.6) is 0 Å². The van der Waals surface area contributed by atoms with Crippen molar-refractivity contribution in [2.24, 2.45) is 17.8 Å². The zero-order valence-electron chi connectivity index (χ0n) is 11.3. The Hall–Kier alpha value is -0.340. The van der Waals surface area contributed by atoms with Crippen LogP contribution in [0.15, 0.2) is 16.8 Å². The van der Waals surface area contributed by atoms with Gasteiger partial charge in [0.2, 0.25) is 0 Å². The molecule has 2 heteroatoms. The average molecular weight is 251 g/mol. The van der Waals surface area contributed by atoms with Crippen LogP contribution in [0.3, 0.4) is 0 Å². The highest BCUT2D eigenvalue weighted by Crippen LogP contribution is 2.39. The molecule has 1 aliphatic rings. The maximum atomic E-state index is 3.52. The van der Waals surface area contributed by atoms with Crippen molar-refractivity contribution in [2.75, 3.05) is 7.05 Å². The summed E-state index contributed by atoms with van der Waals surface area (Å²) in [7, 11) is 2.11. The average Bonchev–Trinajstić information content (AvgIpc) is 2.84. The number of nitrogens with one attached hydrogen (secondary N) is 1. The van der Waals surface area contributed by atoms with Crippen LogP contribution < -0.4 is 5.32 Å². The molecule has 17 heavy (non-hydrogen) atoms. The van der Waals surface area contributed by atoms with Crippen LogP contribution in [0.1, 0.15) is 51.1 Å². The minimum Gasteiger partial charge on any atom is -0.313 e. The van der Waals surface area contributed by atoms with Crippen molar-refractivity contribution in [3.05, 3.63) is 22.4 Å². The van der Waals surface area contributed by atoms with Crippen molar-refractivity contribution >= 4 is 11.3 Å². The second-order valence-corrected chi connectivity index (χ2v) is 6.52. The predicted molar refractivity (Wildman–Crippen MR) is 76.4 cm³/mol.